The van der Waals surface area contributed by atoms with Gasteiger partial charge in [-0.25, -0.2) is 4.68 Å². The third-order valence-electron chi connectivity index (χ3n) is 4.01. The van der Waals surface area contributed by atoms with Crippen LogP contribution in [0.25, 0.3) is 5.70 Å². The van der Waals surface area contributed by atoms with Crippen LogP contribution in [0.1, 0.15) is 66.5 Å². The molecule has 1 rings (SSSR count). The first-order valence-electron chi connectivity index (χ1n) is 8.00. The third kappa shape index (κ3) is 5.48. The van der Waals surface area contributed by atoms with Gasteiger partial charge in [0.2, 0.25) is 0 Å². The molecule has 114 valence electrons. The second-order valence-corrected chi connectivity index (χ2v) is 6.66. The SMILES string of the molecule is C/C(=C\C(C)C)n1nncc1CCCCC(C)C(C)C. The molecule has 0 radical (unpaired) electrons. The Hall–Kier alpha value is -1.12. The summed E-state index contributed by atoms with van der Waals surface area (Å²) in [6, 6.07) is 0. The quantitative estimate of drug-likeness (QED) is 0.639. The molecule has 1 heterocycles. The molecule has 1 aromatic rings. The van der Waals surface area contributed by atoms with E-state index in [1.165, 1.54) is 30.7 Å². The number of rotatable bonds is 8. The highest BCUT2D eigenvalue weighted by atomic mass is 15.4. The molecular weight excluding hydrogens is 246 g/mol. The lowest BCUT2D eigenvalue weighted by atomic mass is 9.92. The van der Waals surface area contributed by atoms with E-state index in [4.69, 9.17) is 0 Å². The Labute approximate surface area is 124 Å². The van der Waals surface area contributed by atoms with E-state index in [0.29, 0.717) is 5.92 Å². The molecule has 0 N–H and O–H groups in total. The fourth-order valence-corrected chi connectivity index (χ4v) is 2.38. The van der Waals surface area contributed by atoms with Gasteiger partial charge in [0.05, 0.1) is 11.9 Å². The van der Waals surface area contributed by atoms with Crippen LogP contribution in [0.3, 0.4) is 0 Å². The molecule has 0 amide bonds. The zero-order valence-corrected chi connectivity index (χ0v) is 14.1. The van der Waals surface area contributed by atoms with Crippen LogP contribution in [0.2, 0.25) is 0 Å². The number of allylic oxidation sites excluding steroid dienone is 2. The van der Waals surface area contributed by atoms with Crippen molar-refractivity contribution in [3.05, 3.63) is 18.0 Å². The minimum Gasteiger partial charge on any atom is -0.222 e. The van der Waals surface area contributed by atoms with Gasteiger partial charge in [-0.2, -0.15) is 0 Å². The van der Waals surface area contributed by atoms with E-state index in [2.05, 4.69) is 57.9 Å². The molecule has 3 heteroatoms. The Morgan fingerprint density at radius 2 is 1.90 bits per heavy atom. The summed E-state index contributed by atoms with van der Waals surface area (Å²) in [6.07, 6.45) is 9.04. The predicted octanol–water partition coefficient (Wildman–Crippen LogP) is 4.80. The first-order valence-corrected chi connectivity index (χ1v) is 8.00. The van der Waals surface area contributed by atoms with E-state index in [1.807, 2.05) is 10.9 Å². The van der Waals surface area contributed by atoms with E-state index < -0.39 is 0 Å². The van der Waals surface area contributed by atoms with E-state index in [0.717, 1.165) is 18.3 Å². The maximum absolute atomic E-state index is 4.21. The van der Waals surface area contributed by atoms with E-state index >= 15 is 0 Å². The van der Waals surface area contributed by atoms with Crippen LogP contribution in [0.5, 0.6) is 0 Å². The highest BCUT2D eigenvalue weighted by Crippen LogP contribution is 2.18. The van der Waals surface area contributed by atoms with Crippen molar-refractivity contribution in [1.82, 2.24) is 15.0 Å². The van der Waals surface area contributed by atoms with Gasteiger partial charge in [-0.15, -0.1) is 5.10 Å². The zero-order chi connectivity index (χ0) is 15.1. The summed E-state index contributed by atoms with van der Waals surface area (Å²) in [4.78, 5) is 0. The van der Waals surface area contributed by atoms with Crippen molar-refractivity contribution in [2.24, 2.45) is 17.8 Å². The number of aryl methyl sites for hydroxylation is 1. The number of aromatic nitrogens is 3. The Balaban J connectivity index is 2.48. The monoisotopic (exact) mass is 277 g/mol. The average Bonchev–Trinajstić information content (AvgIpc) is 2.81. The highest BCUT2D eigenvalue weighted by Gasteiger charge is 2.08. The Bertz CT molecular complexity index is 416. The zero-order valence-electron chi connectivity index (χ0n) is 14.1. The van der Waals surface area contributed by atoms with Crippen molar-refractivity contribution < 1.29 is 0 Å². The standard InChI is InChI=1S/C17H31N3/c1-13(2)11-16(6)20-17(12-18-19-20)10-8-7-9-15(5)14(3)4/h11-15H,7-10H2,1-6H3/b16-11+. The first kappa shape index (κ1) is 16.9. The largest absolute Gasteiger partial charge is 0.222 e. The van der Waals surface area contributed by atoms with Gasteiger partial charge < -0.3 is 0 Å². The van der Waals surface area contributed by atoms with Crippen LogP contribution in [0, 0.1) is 17.8 Å². The summed E-state index contributed by atoms with van der Waals surface area (Å²) in [5.41, 5.74) is 2.42. The van der Waals surface area contributed by atoms with Crippen molar-refractivity contribution in [3.8, 4) is 0 Å². The van der Waals surface area contributed by atoms with Gasteiger partial charge in [0.15, 0.2) is 0 Å². The summed E-state index contributed by atoms with van der Waals surface area (Å²) in [5.74, 6) is 2.15. The minimum absolute atomic E-state index is 0.541. The maximum atomic E-state index is 4.21. The van der Waals surface area contributed by atoms with Gasteiger partial charge >= 0.3 is 0 Å². The smallest absolute Gasteiger partial charge is 0.0729 e. The lowest BCUT2D eigenvalue weighted by Crippen LogP contribution is -2.05. The lowest BCUT2D eigenvalue weighted by Gasteiger charge is -2.14. The molecule has 0 bridgehead atoms. The molecule has 0 saturated carbocycles. The molecule has 0 spiro atoms. The second kappa shape index (κ2) is 8.23. The Kier molecular flexibility index (Phi) is 6.97. The fourth-order valence-electron chi connectivity index (χ4n) is 2.38. The number of hydrogen-bond donors (Lipinski definition) is 0. The maximum Gasteiger partial charge on any atom is 0.0729 e. The highest BCUT2D eigenvalue weighted by molar-refractivity contribution is 5.42. The molecule has 0 aromatic carbocycles. The Morgan fingerprint density at radius 3 is 2.50 bits per heavy atom. The average molecular weight is 277 g/mol. The summed E-state index contributed by atoms with van der Waals surface area (Å²) in [6.45, 7) is 13.5. The normalized spacial score (nSPS) is 14.3. The topological polar surface area (TPSA) is 30.7 Å². The van der Waals surface area contributed by atoms with Crippen molar-refractivity contribution >= 4 is 5.70 Å². The van der Waals surface area contributed by atoms with Crippen LogP contribution >= 0.6 is 0 Å². The molecule has 0 aliphatic heterocycles. The van der Waals surface area contributed by atoms with E-state index in [9.17, 15) is 0 Å². The number of hydrogen-bond acceptors (Lipinski definition) is 2. The third-order valence-corrected chi connectivity index (χ3v) is 4.01. The summed E-state index contributed by atoms with van der Waals surface area (Å²) < 4.78 is 1.99. The van der Waals surface area contributed by atoms with Gasteiger partial charge in [0, 0.05) is 5.70 Å². The lowest BCUT2D eigenvalue weighted by molar-refractivity contribution is 0.377. The fraction of sp³-hybridized carbons (Fsp3) is 0.765. The van der Waals surface area contributed by atoms with Crippen LogP contribution in [0.4, 0.5) is 0 Å². The van der Waals surface area contributed by atoms with Crippen molar-refractivity contribution in [1.29, 1.82) is 0 Å². The summed E-state index contributed by atoms with van der Waals surface area (Å²) in [5, 5.41) is 8.27. The molecule has 1 aromatic heterocycles. The van der Waals surface area contributed by atoms with Crippen molar-refractivity contribution in [2.75, 3.05) is 0 Å². The molecule has 0 aliphatic rings. The van der Waals surface area contributed by atoms with Crippen molar-refractivity contribution in [3.63, 3.8) is 0 Å². The van der Waals surface area contributed by atoms with Crippen LogP contribution in [-0.2, 0) is 6.42 Å². The molecule has 20 heavy (non-hydrogen) atoms. The summed E-state index contributed by atoms with van der Waals surface area (Å²) in [7, 11) is 0. The molecule has 1 unspecified atom stereocenters. The molecule has 3 nitrogen and oxygen atoms in total. The van der Waals surface area contributed by atoms with Gasteiger partial charge in [0.1, 0.15) is 0 Å². The minimum atomic E-state index is 0.541. The molecular formula is C17H31N3. The van der Waals surface area contributed by atoms with E-state index in [-0.39, 0.29) is 0 Å². The number of unbranched alkanes of at least 4 members (excludes halogenated alkanes) is 1. The van der Waals surface area contributed by atoms with E-state index in [1.54, 1.807) is 0 Å². The molecule has 0 aliphatic carbocycles. The molecule has 0 saturated heterocycles. The van der Waals surface area contributed by atoms with Gasteiger partial charge in [-0.05, 0) is 37.5 Å². The summed E-state index contributed by atoms with van der Waals surface area (Å²) >= 11 is 0. The number of nitrogens with zero attached hydrogens (tertiary/aromatic N) is 3. The second-order valence-electron chi connectivity index (χ2n) is 6.66. The first-order chi connectivity index (χ1) is 9.41. The van der Waals surface area contributed by atoms with Crippen LogP contribution < -0.4 is 0 Å². The van der Waals surface area contributed by atoms with Crippen molar-refractivity contribution in [2.45, 2.75) is 67.2 Å². The van der Waals surface area contributed by atoms with Gasteiger partial charge in [0.25, 0.3) is 0 Å². The Morgan fingerprint density at radius 1 is 1.20 bits per heavy atom. The van der Waals surface area contributed by atoms with Crippen LogP contribution in [-0.4, -0.2) is 15.0 Å². The van der Waals surface area contributed by atoms with Gasteiger partial charge in [-0.1, -0.05) is 58.7 Å². The predicted molar refractivity (Wildman–Crippen MR) is 86.4 cm³/mol. The molecule has 0 fully saturated rings. The molecule has 1 atom stereocenters. The van der Waals surface area contributed by atoms with Crippen LogP contribution in [0.15, 0.2) is 12.3 Å². The van der Waals surface area contributed by atoms with Gasteiger partial charge in [-0.3, -0.25) is 0 Å².